The SMILES string of the molecule is CCOC(=O)[C@@H]1CCCC[C@@H]1NC(=O)c1cc2ccccc2n1C. The molecule has 2 aromatic rings. The summed E-state index contributed by atoms with van der Waals surface area (Å²) in [6, 6.07) is 9.65. The standard InChI is InChI=1S/C19H24N2O3/c1-3-24-19(23)14-9-5-6-10-15(14)20-18(22)17-12-13-8-4-7-11-16(13)21(17)2/h4,7-8,11-12,14-15H,3,5-6,9-10H2,1-2H3,(H,20,22)/t14-,15+/m1/s1. The van der Waals surface area contributed by atoms with Gasteiger partial charge in [-0.25, -0.2) is 0 Å². The number of carbonyl (C=O) groups is 2. The first kappa shape index (κ1) is 16.6. The molecule has 2 atom stereocenters. The van der Waals surface area contributed by atoms with Gasteiger partial charge in [0.2, 0.25) is 0 Å². The molecule has 1 aliphatic carbocycles. The minimum Gasteiger partial charge on any atom is -0.466 e. The molecule has 1 aromatic carbocycles. The number of fused-ring (bicyclic) bond motifs is 1. The van der Waals surface area contributed by atoms with Gasteiger partial charge in [-0.05, 0) is 31.9 Å². The van der Waals surface area contributed by atoms with Crippen LogP contribution in [-0.4, -0.2) is 29.1 Å². The highest BCUT2D eigenvalue weighted by Crippen LogP contribution is 2.26. The molecular weight excluding hydrogens is 304 g/mol. The fourth-order valence-corrected chi connectivity index (χ4v) is 3.58. The highest BCUT2D eigenvalue weighted by Gasteiger charge is 2.33. The number of amides is 1. The summed E-state index contributed by atoms with van der Waals surface area (Å²) < 4.78 is 7.07. The molecule has 0 bridgehead atoms. The molecule has 1 aliphatic rings. The molecule has 0 unspecified atom stereocenters. The number of esters is 1. The van der Waals surface area contributed by atoms with Gasteiger partial charge >= 0.3 is 5.97 Å². The molecule has 0 aliphatic heterocycles. The van der Waals surface area contributed by atoms with Crippen LogP contribution in [0.3, 0.4) is 0 Å². The highest BCUT2D eigenvalue weighted by molar-refractivity contribution is 5.99. The normalized spacial score (nSPS) is 20.8. The molecule has 1 saturated carbocycles. The predicted octanol–water partition coefficient (Wildman–Crippen LogP) is 3.03. The van der Waals surface area contributed by atoms with E-state index in [9.17, 15) is 9.59 Å². The molecule has 24 heavy (non-hydrogen) atoms. The smallest absolute Gasteiger partial charge is 0.311 e. The second kappa shape index (κ2) is 7.07. The van der Waals surface area contributed by atoms with Crippen LogP contribution < -0.4 is 5.32 Å². The van der Waals surface area contributed by atoms with Crippen LogP contribution in [0, 0.1) is 5.92 Å². The number of carbonyl (C=O) groups excluding carboxylic acids is 2. The van der Waals surface area contributed by atoms with Crippen molar-refractivity contribution in [1.29, 1.82) is 0 Å². The van der Waals surface area contributed by atoms with Crippen molar-refractivity contribution >= 4 is 22.8 Å². The van der Waals surface area contributed by atoms with E-state index in [-0.39, 0.29) is 23.8 Å². The van der Waals surface area contributed by atoms with E-state index < -0.39 is 0 Å². The zero-order valence-electron chi connectivity index (χ0n) is 14.2. The van der Waals surface area contributed by atoms with Crippen molar-refractivity contribution in [2.45, 2.75) is 38.6 Å². The number of hydrogen-bond acceptors (Lipinski definition) is 3. The molecule has 1 N–H and O–H groups in total. The largest absolute Gasteiger partial charge is 0.466 e. The zero-order valence-corrected chi connectivity index (χ0v) is 14.2. The summed E-state index contributed by atoms with van der Waals surface area (Å²) in [7, 11) is 1.89. The zero-order chi connectivity index (χ0) is 17.1. The van der Waals surface area contributed by atoms with E-state index in [1.807, 2.05) is 48.9 Å². The van der Waals surface area contributed by atoms with Gasteiger partial charge in [0.05, 0.1) is 12.5 Å². The maximum absolute atomic E-state index is 12.7. The van der Waals surface area contributed by atoms with Crippen molar-refractivity contribution in [2.75, 3.05) is 6.61 Å². The molecule has 0 saturated heterocycles. The number of nitrogens with zero attached hydrogens (tertiary/aromatic N) is 1. The molecule has 5 nitrogen and oxygen atoms in total. The van der Waals surface area contributed by atoms with E-state index in [1.165, 1.54) is 0 Å². The molecular formula is C19H24N2O3. The molecule has 1 amide bonds. The Hall–Kier alpha value is -2.30. The first-order valence-electron chi connectivity index (χ1n) is 8.63. The maximum atomic E-state index is 12.7. The number of nitrogens with one attached hydrogen (secondary N) is 1. The average molecular weight is 328 g/mol. The van der Waals surface area contributed by atoms with Crippen LogP contribution in [0.25, 0.3) is 10.9 Å². The fraction of sp³-hybridized carbons (Fsp3) is 0.474. The summed E-state index contributed by atoms with van der Waals surface area (Å²) in [6.07, 6.45) is 3.62. The van der Waals surface area contributed by atoms with Gasteiger partial charge in [-0.1, -0.05) is 31.0 Å². The lowest BCUT2D eigenvalue weighted by Crippen LogP contribution is -2.46. The van der Waals surface area contributed by atoms with Gasteiger partial charge in [-0.3, -0.25) is 9.59 Å². The first-order chi connectivity index (χ1) is 11.6. The summed E-state index contributed by atoms with van der Waals surface area (Å²) >= 11 is 0. The van der Waals surface area contributed by atoms with Crippen molar-refractivity contribution in [3.05, 3.63) is 36.0 Å². The molecule has 0 radical (unpaired) electrons. The maximum Gasteiger partial charge on any atom is 0.311 e. The van der Waals surface area contributed by atoms with Crippen LogP contribution in [-0.2, 0) is 16.6 Å². The first-order valence-corrected chi connectivity index (χ1v) is 8.63. The predicted molar refractivity (Wildman–Crippen MR) is 92.8 cm³/mol. The second-order valence-corrected chi connectivity index (χ2v) is 6.37. The van der Waals surface area contributed by atoms with E-state index in [1.54, 1.807) is 0 Å². The third-order valence-corrected chi connectivity index (χ3v) is 4.86. The van der Waals surface area contributed by atoms with Crippen LogP contribution in [0.1, 0.15) is 43.1 Å². The van der Waals surface area contributed by atoms with Crippen LogP contribution in [0.15, 0.2) is 30.3 Å². The Bertz CT molecular complexity index is 750. The average Bonchev–Trinajstić information content (AvgIpc) is 2.93. The Labute approximate surface area is 142 Å². The lowest BCUT2D eigenvalue weighted by atomic mass is 9.84. The van der Waals surface area contributed by atoms with Gasteiger partial charge in [-0.15, -0.1) is 0 Å². The van der Waals surface area contributed by atoms with Gasteiger partial charge in [0, 0.05) is 24.0 Å². The third-order valence-electron chi connectivity index (χ3n) is 4.86. The van der Waals surface area contributed by atoms with Crippen molar-refractivity contribution < 1.29 is 14.3 Å². The molecule has 1 fully saturated rings. The van der Waals surface area contributed by atoms with E-state index in [2.05, 4.69) is 5.32 Å². The van der Waals surface area contributed by atoms with Gasteiger partial charge in [-0.2, -0.15) is 0 Å². The molecule has 1 heterocycles. The molecule has 1 aromatic heterocycles. The monoisotopic (exact) mass is 328 g/mol. The van der Waals surface area contributed by atoms with E-state index in [4.69, 9.17) is 4.74 Å². The summed E-state index contributed by atoms with van der Waals surface area (Å²) in [4.78, 5) is 24.9. The Balaban J connectivity index is 1.79. The highest BCUT2D eigenvalue weighted by atomic mass is 16.5. The van der Waals surface area contributed by atoms with Crippen molar-refractivity contribution in [1.82, 2.24) is 9.88 Å². The number of rotatable bonds is 4. The molecule has 5 heteroatoms. The van der Waals surface area contributed by atoms with E-state index in [0.29, 0.717) is 12.3 Å². The topological polar surface area (TPSA) is 60.3 Å². The number of aryl methyl sites for hydroxylation is 1. The Morgan fingerprint density at radius 2 is 2.00 bits per heavy atom. The van der Waals surface area contributed by atoms with E-state index >= 15 is 0 Å². The van der Waals surface area contributed by atoms with Crippen molar-refractivity contribution in [2.24, 2.45) is 13.0 Å². The number of ether oxygens (including phenoxy) is 1. The number of benzene rings is 1. The third kappa shape index (κ3) is 3.16. The second-order valence-electron chi connectivity index (χ2n) is 6.37. The van der Waals surface area contributed by atoms with Crippen LogP contribution >= 0.6 is 0 Å². The minimum atomic E-state index is -0.239. The molecule has 3 rings (SSSR count). The number of aromatic nitrogens is 1. The summed E-state index contributed by atoms with van der Waals surface area (Å²) in [5, 5.41) is 4.10. The number of para-hydroxylation sites is 1. The fourth-order valence-electron chi connectivity index (χ4n) is 3.58. The summed E-state index contributed by atoms with van der Waals surface area (Å²) in [6.45, 7) is 2.18. The summed E-state index contributed by atoms with van der Waals surface area (Å²) in [5.74, 6) is -0.563. The lowest BCUT2D eigenvalue weighted by molar-refractivity contribution is -0.150. The van der Waals surface area contributed by atoms with Crippen LogP contribution in [0.5, 0.6) is 0 Å². The van der Waals surface area contributed by atoms with E-state index in [0.717, 1.165) is 36.6 Å². The van der Waals surface area contributed by atoms with Crippen LogP contribution in [0.2, 0.25) is 0 Å². The Morgan fingerprint density at radius 1 is 1.25 bits per heavy atom. The quantitative estimate of drug-likeness (QED) is 0.878. The molecule has 0 spiro atoms. The van der Waals surface area contributed by atoms with Gasteiger partial charge in [0.15, 0.2) is 0 Å². The van der Waals surface area contributed by atoms with Gasteiger partial charge in [0.25, 0.3) is 5.91 Å². The Morgan fingerprint density at radius 3 is 2.75 bits per heavy atom. The van der Waals surface area contributed by atoms with Crippen LogP contribution in [0.4, 0.5) is 0 Å². The van der Waals surface area contributed by atoms with Gasteiger partial charge in [0.1, 0.15) is 5.69 Å². The van der Waals surface area contributed by atoms with Crippen molar-refractivity contribution in [3.63, 3.8) is 0 Å². The minimum absolute atomic E-state index is 0.130. The number of hydrogen-bond donors (Lipinski definition) is 1. The van der Waals surface area contributed by atoms with Crippen molar-refractivity contribution in [3.8, 4) is 0 Å². The lowest BCUT2D eigenvalue weighted by Gasteiger charge is -2.30. The van der Waals surface area contributed by atoms with Gasteiger partial charge < -0.3 is 14.6 Å². The summed E-state index contributed by atoms with van der Waals surface area (Å²) in [5.41, 5.74) is 1.64. The Kier molecular flexibility index (Phi) is 4.88. The molecule has 128 valence electrons.